The zero-order chi connectivity index (χ0) is 14.8. The van der Waals surface area contributed by atoms with Gasteiger partial charge in [0.1, 0.15) is 17.5 Å². The summed E-state index contributed by atoms with van der Waals surface area (Å²) < 4.78 is 11.9. The number of hydrogen-bond acceptors (Lipinski definition) is 7. The first-order valence-corrected chi connectivity index (χ1v) is 6.00. The number of aromatic nitrogens is 5. The van der Waals surface area contributed by atoms with Gasteiger partial charge >= 0.3 is 0 Å². The fraction of sp³-hybridized carbons (Fsp3) is 0.154. The van der Waals surface area contributed by atoms with E-state index < -0.39 is 0 Å². The second-order valence-electron chi connectivity index (χ2n) is 4.22. The van der Waals surface area contributed by atoms with Crippen LogP contribution in [0.2, 0.25) is 0 Å². The zero-order valence-corrected chi connectivity index (χ0v) is 11.3. The van der Waals surface area contributed by atoms with Gasteiger partial charge in [0.15, 0.2) is 0 Å². The normalized spacial score (nSPS) is 10.3. The van der Waals surface area contributed by atoms with Gasteiger partial charge in [-0.25, -0.2) is 0 Å². The monoisotopic (exact) mass is 282 g/mol. The van der Waals surface area contributed by atoms with Crippen molar-refractivity contribution in [2.24, 2.45) is 7.05 Å². The molecule has 3 rings (SSSR count). The van der Waals surface area contributed by atoms with Gasteiger partial charge in [-0.15, -0.1) is 10.2 Å². The molecule has 0 aliphatic rings. The molecule has 0 N–H and O–H groups in total. The Hall–Kier alpha value is -3.21. The van der Waals surface area contributed by atoms with Gasteiger partial charge in [0, 0.05) is 19.3 Å². The minimum absolute atomic E-state index is 0.312. The minimum Gasteiger partial charge on any atom is -0.480 e. The number of hydrogen-bond donors (Lipinski definition) is 0. The molecular formula is C13H10N6O2. The topological polar surface area (TPSA) is 103 Å². The molecule has 3 heterocycles. The Labute approximate surface area is 119 Å². The number of nitriles is 1. The van der Waals surface area contributed by atoms with E-state index in [2.05, 4.69) is 26.4 Å². The lowest BCUT2D eigenvalue weighted by molar-refractivity contribution is 0.392. The number of ether oxygens (including phenoxy) is 1. The molecule has 8 nitrogen and oxygen atoms in total. The standard InChI is InChI=1S/C13H10N6O2/c1-19-7-8(6-14)5-10(19)13-15-12(18-21-13)9-3-4-11(20-2)17-16-9/h3-5,7H,1-2H3. The lowest BCUT2D eigenvalue weighted by Gasteiger charge is -1.96. The van der Waals surface area contributed by atoms with E-state index in [0.717, 1.165) is 0 Å². The molecule has 0 aliphatic carbocycles. The van der Waals surface area contributed by atoms with Gasteiger partial charge in [-0.3, -0.25) is 0 Å². The second-order valence-corrected chi connectivity index (χ2v) is 4.22. The van der Waals surface area contributed by atoms with Crippen molar-refractivity contribution in [3.8, 4) is 35.1 Å². The van der Waals surface area contributed by atoms with Crippen molar-refractivity contribution < 1.29 is 9.26 Å². The average Bonchev–Trinajstić information content (AvgIpc) is 3.13. The first-order valence-electron chi connectivity index (χ1n) is 6.00. The molecule has 0 atom stereocenters. The van der Waals surface area contributed by atoms with Gasteiger partial charge < -0.3 is 13.8 Å². The third kappa shape index (κ3) is 2.32. The number of nitrogens with zero attached hydrogens (tertiary/aromatic N) is 6. The maximum atomic E-state index is 8.89. The van der Waals surface area contributed by atoms with Crippen LogP contribution in [0.1, 0.15) is 5.56 Å². The third-order valence-corrected chi connectivity index (χ3v) is 2.86. The van der Waals surface area contributed by atoms with E-state index in [1.807, 2.05) is 0 Å². The van der Waals surface area contributed by atoms with Gasteiger partial charge in [-0.2, -0.15) is 10.2 Å². The Kier molecular flexibility index (Phi) is 3.08. The highest BCUT2D eigenvalue weighted by Gasteiger charge is 2.15. The van der Waals surface area contributed by atoms with E-state index in [4.69, 9.17) is 14.5 Å². The van der Waals surface area contributed by atoms with Crippen molar-refractivity contribution in [1.29, 1.82) is 5.26 Å². The van der Waals surface area contributed by atoms with Gasteiger partial charge in [0.2, 0.25) is 11.7 Å². The largest absolute Gasteiger partial charge is 0.480 e. The molecule has 0 bridgehead atoms. The van der Waals surface area contributed by atoms with E-state index in [0.29, 0.717) is 34.5 Å². The zero-order valence-electron chi connectivity index (χ0n) is 11.3. The fourth-order valence-electron chi connectivity index (χ4n) is 1.82. The highest BCUT2D eigenvalue weighted by Crippen LogP contribution is 2.22. The van der Waals surface area contributed by atoms with E-state index >= 15 is 0 Å². The highest BCUT2D eigenvalue weighted by molar-refractivity contribution is 5.56. The van der Waals surface area contributed by atoms with Crippen molar-refractivity contribution in [2.75, 3.05) is 7.11 Å². The van der Waals surface area contributed by atoms with Crippen molar-refractivity contribution in [2.45, 2.75) is 0 Å². The summed E-state index contributed by atoms with van der Waals surface area (Å²) >= 11 is 0. The van der Waals surface area contributed by atoms with Crippen LogP contribution in [-0.2, 0) is 7.05 Å². The summed E-state index contributed by atoms with van der Waals surface area (Å²) in [5, 5.41) is 20.6. The molecule has 0 aromatic carbocycles. The lowest BCUT2D eigenvalue weighted by atomic mass is 10.3. The molecule has 0 saturated carbocycles. The minimum atomic E-state index is 0.312. The van der Waals surface area contributed by atoms with Crippen LogP contribution < -0.4 is 4.74 Å². The summed E-state index contributed by atoms with van der Waals surface area (Å²) in [5.41, 5.74) is 1.66. The molecule has 0 unspecified atom stereocenters. The smallest absolute Gasteiger partial charge is 0.274 e. The Balaban J connectivity index is 1.95. The molecule has 0 radical (unpaired) electrons. The van der Waals surface area contributed by atoms with Crippen molar-refractivity contribution in [1.82, 2.24) is 24.9 Å². The van der Waals surface area contributed by atoms with Gasteiger partial charge in [0.25, 0.3) is 5.89 Å². The van der Waals surface area contributed by atoms with Crippen LogP contribution in [0, 0.1) is 11.3 Å². The highest BCUT2D eigenvalue weighted by atomic mass is 16.5. The Morgan fingerprint density at radius 1 is 1.33 bits per heavy atom. The van der Waals surface area contributed by atoms with Crippen LogP contribution in [0.15, 0.2) is 28.9 Å². The maximum Gasteiger partial charge on any atom is 0.274 e. The van der Waals surface area contributed by atoms with Gasteiger partial charge in [-0.1, -0.05) is 5.16 Å². The van der Waals surface area contributed by atoms with Crippen LogP contribution in [0.3, 0.4) is 0 Å². The molecule has 0 amide bonds. The average molecular weight is 282 g/mol. The lowest BCUT2D eigenvalue weighted by Crippen LogP contribution is -1.93. The van der Waals surface area contributed by atoms with Crippen molar-refractivity contribution in [3.63, 3.8) is 0 Å². The molecule has 0 fully saturated rings. The maximum absolute atomic E-state index is 8.89. The molecule has 104 valence electrons. The Morgan fingerprint density at radius 3 is 2.81 bits per heavy atom. The van der Waals surface area contributed by atoms with Crippen LogP contribution in [0.4, 0.5) is 0 Å². The third-order valence-electron chi connectivity index (χ3n) is 2.86. The predicted molar refractivity (Wildman–Crippen MR) is 71.0 cm³/mol. The summed E-state index contributed by atoms with van der Waals surface area (Å²) in [6.07, 6.45) is 1.69. The number of methoxy groups -OCH3 is 1. The molecule has 3 aromatic heterocycles. The SMILES string of the molecule is COc1ccc(-c2noc(-c3cc(C#N)cn3C)n2)nn1. The van der Waals surface area contributed by atoms with Gasteiger partial charge in [-0.05, 0) is 12.1 Å². The van der Waals surface area contributed by atoms with E-state index in [9.17, 15) is 0 Å². The molecule has 0 saturated heterocycles. The van der Waals surface area contributed by atoms with Crippen molar-refractivity contribution in [3.05, 3.63) is 30.0 Å². The summed E-state index contributed by atoms with van der Waals surface area (Å²) in [7, 11) is 3.31. The molecule has 0 spiro atoms. The Bertz CT molecular complexity index is 812. The fourth-order valence-corrected chi connectivity index (χ4v) is 1.82. The second kappa shape index (κ2) is 5.05. The first-order chi connectivity index (χ1) is 10.2. The number of aryl methyl sites for hydroxylation is 1. The molecule has 8 heteroatoms. The summed E-state index contributed by atoms with van der Waals surface area (Å²) in [6.45, 7) is 0. The summed E-state index contributed by atoms with van der Waals surface area (Å²) in [6, 6.07) is 7.09. The van der Waals surface area contributed by atoms with E-state index in [-0.39, 0.29) is 0 Å². The number of rotatable bonds is 3. The summed E-state index contributed by atoms with van der Waals surface area (Å²) in [5.74, 6) is 1.04. The van der Waals surface area contributed by atoms with Crippen LogP contribution >= 0.6 is 0 Å². The van der Waals surface area contributed by atoms with E-state index in [1.165, 1.54) is 7.11 Å². The predicted octanol–water partition coefficient (Wildman–Crippen LogP) is 1.41. The van der Waals surface area contributed by atoms with Crippen LogP contribution in [0.25, 0.3) is 23.1 Å². The Morgan fingerprint density at radius 2 is 2.19 bits per heavy atom. The molecule has 3 aromatic rings. The quantitative estimate of drug-likeness (QED) is 0.715. The van der Waals surface area contributed by atoms with E-state index in [1.54, 1.807) is 36.0 Å². The molecule has 0 aliphatic heterocycles. The van der Waals surface area contributed by atoms with Crippen LogP contribution in [0.5, 0.6) is 5.88 Å². The molecule has 21 heavy (non-hydrogen) atoms. The molecular weight excluding hydrogens is 272 g/mol. The first kappa shape index (κ1) is 12.8. The van der Waals surface area contributed by atoms with Crippen molar-refractivity contribution >= 4 is 0 Å². The van der Waals surface area contributed by atoms with Crippen LogP contribution in [-0.4, -0.2) is 32.0 Å². The summed E-state index contributed by atoms with van der Waals surface area (Å²) in [4.78, 5) is 4.26. The van der Waals surface area contributed by atoms with Gasteiger partial charge in [0.05, 0.1) is 12.7 Å².